The van der Waals surface area contributed by atoms with Gasteiger partial charge in [0.05, 0.1) is 5.52 Å². The Morgan fingerprint density at radius 1 is 1.00 bits per heavy atom. The van der Waals surface area contributed by atoms with Crippen LogP contribution in [0.1, 0.15) is 49.1 Å². The number of aromatic amines is 1. The minimum Gasteiger partial charge on any atom is -0.373 e. The lowest BCUT2D eigenvalue weighted by atomic mass is 9.76. The van der Waals surface area contributed by atoms with Gasteiger partial charge in [0.15, 0.2) is 17.5 Å². The van der Waals surface area contributed by atoms with Gasteiger partial charge in [-0.3, -0.25) is 4.98 Å². The molecule has 1 N–H and O–H groups in total. The summed E-state index contributed by atoms with van der Waals surface area (Å²) in [5, 5.41) is 0.824. The number of hydrogen-bond donors (Lipinski definition) is 1. The average molecular weight is 443 g/mol. The maximum atomic E-state index is 14.1. The number of H-pyrrole nitrogens is 1. The van der Waals surface area contributed by atoms with Gasteiger partial charge < -0.3 is 9.72 Å². The van der Waals surface area contributed by atoms with Gasteiger partial charge in [-0.1, -0.05) is 0 Å². The van der Waals surface area contributed by atoms with E-state index in [-0.39, 0.29) is 34.5 Å². The largest absolute Gasteiger partial charge is 0.373 e. The second kappa shape index (κ2) is 8.16. The van der Waals surface area contributed by atoms with Crippen molar-refractivity contribution in [1.82, 2.24) is 15.0 Å². The molecule has 0 bridgehead atoms. The molecule has 2 aromatic heterocycles. The topological polar surface area (TPSA) is 50.8 Å². The van der Waals surface area contributed by atoms with Crippen LogP contribution in [0.5, 0.6) is 0 Å². The molecule has 4 nitrogen and oxygen atoms in total. The van der Waals surface area contributed by atoms with Crippen molar-refractivity contribution >= 4 is 21.9 Å². The van der Waals surface area contributed by atoms with Crippen LogP contribution in [0.25, 0.3) is 21.9 Å². The molecule has 0 aliphatic heterocycles. The van der Waals surface area contributed by atoms with Crippen LogP contribution in [0.3, 0.4) is 0 Å². The third-order valence-electron chi connectivity index (χ3n) is 6.53. The van der Waals surface area contributed by atoms with Crippen molar-refractivity contribution in [3.63, 3.8) is 0 Å². The van der Waals surface area contributed by atoms with Gasteiger partial charge in [0.1, 0.15) is 28.8 Å². The first-order chi connectivity index (χ1) is 15.5. The number of halogens is 4. The van der Waals surface area contributed by atoms with Gasteiger partial charge >= 0.3 is 0 Å². The summed E-state index contributed by atoms with van der Waals surface area (Å²) in [5.74, 6) is -3.03. The first kappa shape index (κ1) is 20.9. The number of fused-ring (bicyclic) bond motifs is 2. The number of hydrogen-bond acceptors (Lipinski definition) is 3. The fraction of sp³-hybridized carbons (Fsp3) is 0.333. The van der Waals surface area contributed by atoms with Gasteiger partial charge in [-0.2, -0.15) is 0 Å². The molecule has 1 aliphatic rings. The second-order valence-electron chi connectivity index (χ2n) is 8.33. The number of aromatic nitrogens is 3. The Labute approximate surface area is 181 Å². The smallest absolute Gasteiger partial charge is 0.184 e. The molecule has 0 radical (unpaired) electrons. The Bertz CT molecular complexity index is 1300. The van der Waals surface area contributed by atoms with E-state index < -0.39 is 23.6 Å². The summed E-state index contributed by atoms with van der Waals surface area (Å²) in [6.45, 7) is 0. The number of rotatable bonds is 4. The van der Waals surface area contributed by atoms with Gasteiger partial charge in [0.2, 0.25) is 0 Å². The molecule has 5 rings (SSSR count). The highest BCUT2D eigenvalue weighted by atomic mass is 19.2. The summed E-state index contributed by atoms with van der Waals surface area (Å²) >= 11 is 0. The molecule has 1 atom stereocenters. The van der Waals surface area contributed by atoms with Crippen LogP contribution < -0.4 is 0 Å². The quantitative estimate of drug-likeness (QED) is 0.296. The normalized spacial score (nSPS) is 20.2. The van der Waals surface area contributed by atoms with Gasteiger partial charge in [-0.25, -0.2) is 22.5 Å². The lowest BCUT2D eigenvalue weighted by molar-refractivity contribution is 0.0274. The Hall–Kier alpha value is -3.00. The molecule has 0 amide bonds. The fourth-order valence-electron chi connectivity index (χ4n) is 4.98. The Kier molecular flexibility index (Phi) is 5.33. The van der Waals surface area contributed by atoms with Crippen LogP contribution in [0.2, 0.25) is 0 Å². The number of ether oxygens (including phenoxy) is 1. The summed E-state index contributed by atoms with van der Waals surface area (Å²) in [6.07, 6.45) is 4.51. The minimum absolute atomic E-state index is 0.0672. The van der Waals surface area contributed by atoms with E-state index in [1.165, 1.54) is 19.2 Å². The molecule has 1 aliphatic carbocycles. The van der Waals surface area contributed by atoms with Crippen molar-refractivity contribution in [3.8, 4) is 0 Å². The molecule has 1 saturated carbocycles. The third-order valence-corrected chi connectivity index (χ3v) is 6.53. The molecular weight excluding hydrogens is 422 g/mol. The van der Waals surface area contributed by atoms with E-state index in [0.29, 0.717) is 6.07 Å². The SMILES string of the molecule is CO[C@H](c1nc2c(F)cc(F)c(F)c2[nH]1)C1CCC(c2ccnc3ccc(F)cc23)CC1. The molecule has 1 fully saturated rings. The van der Waals surface area contributed by atoms with E-state index in [9.17, 15) is 17.6 Å². The summed E-state index contributed by atoms with van der Waals surface area (Å²) in [5.41, 5.74) is 1.31. The summed E-state index contributed by atoms with van der Waals surface area (Å²) in [4.78, 5) is 11.2. The van der Waals surface area contributed by atoms with Crippen LogP contribution in [0, 0.1) is 29.2 Å². The van der Waals surface area contributed by atoms with E-state index >= 15 is 0 Å². The monoisotopic (exact) mass is 443 g/mol. The zero-order chi connectivity index (χ0) is 22.4. The Morgan fingerprint density at radius 2 is 1.78 bits per heavy atom. The first-order valence-electron chi connectivity index (χ1n) is 10.6. The van der Waals surface area contributed by atoms with Gasteiger partial charge in [0, 0.05) is 24.8 Å². The Balaban J connectivity index is 1.39. The van der Waals surface area contributed by atoms with Crippen LogP contribution in [-0.2, 0) is 4.74 Å². The zero-order valence-corrected chi connectivity index (χ0v) is 17.3. The molecule has 4 aromatic rings. The van der Waals surface area contributed by atoms with E-state index in [4.69, 9.17) is 4.74 Å². The van der Waals surface area contributed by atoms with Crippen molar-refractivity contribution in [2.75, 3.05) is 7.11 Å². The maximum Gasteiger partial charge on any atom is 0.184 e. The molecule has 8 heteroatoms. The van der Waals surface area contributed by atoms with Crippen molar-refractivity contribution < 1.29 is 22.3 Å². The number of nitrogens with zero attached hydrogens (tertiary/aromatic N) is 2. The van der Waals surface area contributed by atoms with Crippen molar-refractivity contribution in [2.45, 2.75) is 37.7 Å². The van der Waals surface area contributed by atoms with E-state index in [0.717, 1.165) is 42.1 Å². The fourth-order valence-corrected chi connectivity index (χ4v) is 4.98. The standard InChI is InChI=1S/C24H21F4N3O/c1-32-23(24-30-21-18(27)11-17(26)20(28)22(21)31-24)13-4-2-12(3-5-13)15-8-9-29-19-7-6-14(25)10-16(15)19/h6-13,23H,2-5H2,1H3,(H,30,31)/t12?,13?,23-/m0/s1. The molecule has 0 spiro atoms. The van der Waals surface area contributed by atoms with Crippen molar-refractivity contribution in [1.29, 1.82) is 0 Å². The maximum absolute atomic E-state index is 14.1. The molecule has 2 aromatic carbocycles. The van der Waals surface area contributed by atoms with Crippen LogP contribution in [-0.4, -0.2) is 22.1 Å². The van der Waals surface area contributed by atoms with Crippen LogP contribution in [0.15, 0.2) is 36.5 Å². The van der Waals surface area contributed by atoms with E-state index in [1.807, 2.05) is 6.07 Å². The first-order valence-corrected chi connectivity index (χ1v) is 10.6. The minimum atomic E-state index is -1.26. The summed E-state index contributed by atoms with van der Waals surface area (Å²) in [6, 6.07) is 7.06. The molecule has 166 valence electrons. The number of methoxy groups -OCH3 is 1. The molecule has 32 heavy (non-hydrogen) atoms. The van der Waals surface area contributed by atoms with Crippen molar-refractivity contribution in [3.05, 3.63) is 71.2 Å². The molecule has 0 unspecified atom stereocenters. The highest BCUT2D eigenvalue weighted by molar-refractivity contribution is 5.82. The second-order valence-corrected chi connectivity index (χ2v) is 8.33. The third kappa shape index (κ3) is 3.52. The van der Waals surface area contributed by atoms with Gasteiger partial charge in [0.25, 0.3) is 0 Å². The molecule has 0 saturated heterocycles. The highest BCUT2D eigenvalue weighted by Crippen LogP contribution is 2.43. The summed E-state index contributed by atoms with van der Waals surface area (Å²) < 4.78 is 61.2. The van der Waals surface area contributed by atoms with Gasteiger partial charge in [-0.15, -0.1) is 0 Å². The zero-order valence-electron chi connectivity index (χ0n) is 17.3. The lowest BCUT2D eigenvalue weighted by Gasteiger charge is -2.33. The van der Waals surface area contributed by atoms with Gasteiger partial charge in [-0.05, 0) is 67.3 Å². The number of pyridine rings is 1. The van der Waals surface area contributed by atoms with E-state index in [2.05, 4.69) is 15.0 Å². The van der Waals surface area contributed by atoms with Crippen LogP contribution >= 0.6 is 0 Å². The van der Waals surface area contributed by atoms with Crippen LogP contribution in [0.4, 0.5) is 17.6 Å². The van der Waals surface area contributed by atoms with Crippen molar-refractivity contribution in [2.24, 2.45) is 5.92 Å². The number of imidazole rings is 1. The van der Waals surface area contributed by atoms with E-state index in [1.54, 1.807) is 12.3 Å². The number of benzene rings is 2. The lowest BCUT2D eigenvalue weighted by Crippen LogP contribution is -2.22. The number of nitrogens with one attached hydrogen (secondary N) is 1. The summed E-state index contributed by atoms with van der Waals surface area (Å²) in [7, 11) is 1.52. The highest BCUT2D eigenvalue weighted by Gasteiger charge is 2.32. The molecular formula is C24H21F4N3O. The average Bonchev–Trinajstić information content (AvgIpc) is 3.24. The molecule has 2 heterocycles. The predicted octanol–water partition coefficient (Wildman–Crippen LogP) is 6.33. The Morgan fingerprint density at radius 3 is 2.53 bits per heavy atom. The predicted molar refractivity (Wildman–Crippen MR) is 112 cm³/mol.